The van der Waals surface area contributed by atoms with Crippen molar-refractivity contribution in [2.45, 2.75) is 18.6 Å². The number of carbonyl (C=O) groups excluding carboxylic acids is 1. The van der Waals surface area contributed by atoms with E-state index in [0.717, 1.165) is 10.9 Å². The molecule has 0 aromatic heterocycles. The van der Waals surface area contributed by atoms with Crippen LogP contribution in [0.15, 0.2) is 35.3 Å². The molecule has 1 aliphatic heterocycles. The number of phenols is 1. The molecule has 0 spiro atoms. The van der Waals surface area contributed by atoms with Crippen LogP contribution in [0.1, 0.15) is 16.8 Å². The van der Waals surface area contributed by atoms with Crippen LogP contribution in [0.2, 0.25) is 0 Å². The van der Waals surface area contributed by atoms with E-state index in [1.54, 1.807) is 18.2 Å². The summed E-state index contributed by atoms with van der Waals surface area (Å²) in [5.74, 6) is -0.346. The van der Waals surface area contributed by atoms with E-state index in [-0.39, 0.29) is 29.4 Å². The largest absolute Gasteiger partial charge is 0.507 e. The van der Waals surface area contributed by atoms with Gasteiger partial charge in [0.15, 0.2) is 0 Å². The molecule has 1 heterocycles. The lowest BCUT2D eigenvalue weighted by atomic mass is 10.1. The Bertz CT molecular complexity index is 475. The number of ether oxygens (including phenoxy) is 1. The lowest BCUT2D eigenvalue weighted by Gasteiger charge is -2.17. The summed E-state index contributed by atoms with van der Waals surface area (Å²) in [5.41, 5.74) is 0.249. The molecule has 1 aliphatic rings. The molecule has 2 N–H and O–H groups in total. The maximum Gasteiger partial charge on any atom is 0.255 e. The average Bonchev–Trinajstić information content (AvgIpc) is 2.79. The SMILES string of the molecule is C=C[C@@H]1OCC[C@H]1NC(=O)c1cc(Br)ccc1O. The highest BCUT2D eigenvalue weighted by Crippen LogP contribution is 2.23. The van der Waals surface area contributed by atoms with Crippen molar-refractivity contribution in [3.63, 3.8) is 0 Å². The van der Waals surface area contributed by atoms with E-state index in [0.29, 0.717) is 6.61 Å². The summed E-state index contributed by atoms with van der Waals surface area (Å²) in [5, 5.41) is 12.5. The number of hydrogen-bond donors (Lipinski definition) is 2. The zero-order chi connectivity index (χ0) is 13.1. The lowest BCUT2D eigenvalue weighted by molar-refractivity contribution is 0.0897. The van der Waals surface area contributed by atoms with Gasteiger partial charge in [0.25, 0.3) is 5.91 Å². The minimum atomic E-state index is -0.309. The highest BCUT2D eigenvalue weighted by molar-refractivity contribution is 9.10. The number of nitrogens with one attached hydrogen (secondary N) is 1. The Hall–Kier alpha value is -1.33. The van der Waals surface area contributed by atoms with Crippen molar-refractivity contribution < 1.29 is 14.6 Å². The van der Waals surface area contributed by atoms with Gasteiger partial charge in [-0.2, -0.15) is 0 Å². The van der Waals surface area contributed by atoms with Gasteiger partial charge in [-0.25, -0.2) is 0 Å². The fourth-order valence-corrected chi connectivity index (χ4v) is 2.30. The predicted molar refractivity (Wildman–Crippen MR) is 71.6 cm³/mol. The third-order valence-corrected chi connectivity index (χ3v) is 3.38. The summed E-state index contributed by atoms with van der Waals surface area (Å²) in [6, 6.07) is 4.66. The Kier molecular flexibility index (Phi) is 4.04. The number of carbonyl (C=O) groups is 1. The van der Waals surface area contributed by atoms with Crippen LogP contribution in [-0.2, 0) is 4.74 Å². The highest BCUT2D eigenvalue weighted by Gasteiger charge is 2.28. The predicted octanol–water partition coefficient (Wildman–Crippen LogP) is 2.23. The van der Waals surface area contributed by atoms with Gasteiger partial charge >= 0.3 is 0 Å². The van der Waals surface area contributed by atoms with Crippen molar-refractivity contribution in [1.82, 2.24) is 5.32 Å². The van der Waals surface area contributed by atoms with E-state index in [9.17, 15) is 9.90 Å². The molecule has 4 nitrogen and oxygen atoms in total. The summed E-state index contributed by atoms with van der Waals surface area (Å²) >= 11 is 3.27. The summed E-state index contributed by atoms with van der Waals surface area (Å²) in [6.07, 6.45) is 2.26. The number of halogens is 1. The van der Waals surface area contributed by atoms with Crippen molar-refractivity contribution in [2.75, 3.05) is 6.61 Å². The molecule has 5 heteroatoms. The van der Waals surface area contributed by atoms with Crippen LogP contribution in [0.3, 0.4) is 0 Å². The number of rotatable bonds is 3. The van der Waals surface area contributed by atoms with Crippen molar-refractivity contribution in [2.24, 2.45) is 0 Å². The van der Waals surface area contributed by atoms with Crippen LogP contribution in [0, 0.1) is 0 Å². The fourth-order valence-electron chi connectivity index (χ4n) is 1.93. The first-order valence-electron chi connectivity index (χ1n) is 5.65. The fraction of sp³-hybridized carbons (Fsp3) is 0.308. The normalized spacial score (nSPS) is 22.7. The van der Waals surface area contributed by atoms with Crippen LogP contribution in [-0.4, -0.2) is 29.8 Å². The van der Waals surface area contributed by atoms with Crippen molar-refractivity contribution in [3.05, 3.63) is 40.9 Å². The molecule has 1 fully saturated rings. The van der Waals surface area contributed by atoms with Gasteiger partial charge in [0.2, 0.25) is 0 Å². The molecule has 1 amide bonds. The molecular formula is C13H14BrNO3. The average molecular weight is 312 g/mol. The lowest BCUT2D eigenvalue weighted by Crippen LogP contribution is -2.39. The molecule has 0 saturated carbocycles. The maximum absolute atomic E-state index is 12.1. The van der Waals surface area contributed by atoms with Gasteiger partial charge in [-0.3, -0.25) is 4.79 Å². The van der Waals surface area contributed by atoms with Crippen molar-refractivity contribution in [3.8, 4) is 5.75 Å². The van der Waals surface area contributed by atoms with Gasteiger partial charge in [-0.05, 0) is 24.6 Å². The molecular weight excluding hydrogens is 298 g/mol. The van der Waals surface area contributed by atoms with Crippen LogP contribution in [0.25, 0.3) is 0 Å². The van der Waals surface area contributed by atoms with Crippen LogP contribution in [0.5, 0.6) is 5.75 Å². The molecule has 0 aliphatic carbocycles. The van der Waals surface area contributed by atoms with Crippen molar-refractivity contribution >= 4 is 21.8 Å². The number of phenolic OH excluding ortho intramolecular Hbond substituents is 1. The topological polar surface area (TPSA) is 58.6 Å². The third kappa shape index (κ3) is 2.73. The monoisotopic (exact) mass is 311 g/mol. The molecule has 1 aromatic carbocycles. The van der Waals surface area contributed by atoms with Gasteiger partial charge in [0, 0.05) is 11.1 Å². The van der Waals surface area contributed by atoms with E-state index >= 15 is 0 Å². The van der Waals surface area contributed by atoms with E-state index in [1.807, 2.05) is 0 Å². The standard InChI is InChI=1S/C13H14BrNO3/c1-2-12-10(5-6-18-12)15-13(17)9-7-8(14)3-4-11(9)16/h2-4,7,10,12,16H,1,5-6H2,(H,15,17)/t10-,12+/m1/s1. The molecule has 2 rings (SSSR count). The summed E-state index contributed by atoms with van der Waals surface area (Å²) in [4.78, 5) is 12.1. The minimum Gasteiger partial charge on any atom is -0.507 e. The second-order valence-corrected chi connectivity index (χ2v) is 5.02. The quantitative estimate of drug-likeness (QED) is 0.842. The molecule has 1 saturated heterocycles. The first kappa shape index (κ1) is 13.1. The molecule has 96 valence electrons. The molecule has 18 heavy (non-hydrogen) atoms. The first-order valence-corrected chi connectivity index (χ1v) is 6.44. The molecule has 2 atom stereocenters. The van der Waals surface area contributed by atoms with Crippen molar-refractivity contribution in [1.29, 1.82) is 0 Å². The Labute approximate surface area is 114 Å². The van der Waals surface area contributed by atoms with Gasteiger partial charge in [0.05, 0.1) is 17.7 Å². The first-order chi connectivity index (χ1) is 8.61. The van der Waals surface area contributed by atoms with Gasteiger partial charge in [0.1, 0.15) is 5.75 Å². The van der Waals surface area contributed by atoms with Gasteiger partial charge in [-0.1, -0.05) is 22.0 Å². The van der Waals surface area contributed by atoms with E-state index in [2.05, 4.69) is 27.8 Å². The molecule has 1 aromatic rings. The number of aromatic hydroxyl groups is 1. The van der Waals surface area contributed by atoms with E-state index in [4.69, 9.17) is 4.74 Å². The summed E-state index contributed by atoms with van der Waals surface area (Å²) < 4.78 is 6.14. The smallest absolute Gasteiger partial charge is 0.255 e. The number of benzene rings is 1. The Morgan fingerprint density at radius 3 is 3.11 bits per heavy atom. The molecule has 0 unspecified atom stereocenters. The zero-order valence-electron chi connectivity index (χ0n) is 9.73. The Morgan fingerprint density at radius 2 is 2.39 bits per heavy atom. The summed E-state index contributed by atoms with van der Waals surface area (Å²) in [7, 11) is 0. The highest BCUT2D eigenvalue weighted by atomic mass is 79.9. The van der Waals surface area contributed by atoms with Gasteiger partial charge in [-0.15, -0.1) is 6.58 Å². The third-order valence-electron chi connectivity index (χ3n) is 2.89. The van der Waals surface area contributed by atoms with Crippen LogP contribution >= 0.6 is 15.9 Å². The Balaban J connectivity index is 2.12. The second kappa shape index (κ2) is 5.54. The number of hydrogen-bond acceptors (Lipinski definition) is 3. The summed E-state index contributed by atoms with van der Waals surface area (Å²) in [6.45, 7) is 4.27. The van der Waals surface area contributed by atoms with E-state index in [1.165, 1.54) is 6.07 Å². The maximum atomic E-state index is 12.1. The zero-order valence-corrected chi connectivity index (χ0v) is 11.3. The molecule has 0 radical (unpaired) electrons. The van der Waals surface area contributed by atoms with Crippen LogP contribution in [0.4, 0.5) is 0 Å². The second-order valence-electron chi connectivity index (χ2n) is 4.10. The Morgan fingerprint density at radius 1 is 1.61 bits per heavy atom. The van der Waals surface area contributed by atoms with Gasteiger partial charge < -0.3 is 15.2 Å². The molecule has 0 bridgehead atoms. The van der Waals surface area contributed by atoms with Crippen LogP contribution < -0.4 is 5.32 Å². The van der Waals surface area contributed by atoms with E-state index < -0.39 is 0 Å². The number of amides is 1. The minimum absolute atomic E-state index is 0.0373.